The summed E-state index contributed by atoms with van der Waals surface area (Å²) < 4.78 is 79.2. The number of carboxylic acids is 1. The van der Waals surface area contributed by atoms with Gasteiger partial charge in [-0.25, -0.2) is 14.8 Å². The maximum absolute atomic E-state index is 13.6. The van der Waals surface area contributed by atoms with Crippen molar-refractivity contribution < 1.29 is 36.2 Å². The van der Waals surface area contributed by atoms with Gasteiger partial charge in [-0.1, -0.05) is 35.9 Å². The van der Waals surface area contributed by atoms with Gasteiger partial charge < -0.3 is 5.11 Å². The highest BCUT2D eigenvalue weighted by atomic mass is 35.5. The Morgan fingerprint density at radius 1 is 0.750 bits per heavy atom. The van der Waals surface area contributed by atoms with Gasteiger partial charge in [-0.05, 0) is 47.5 Å². The number of hydrogen-bond donors (Lipinski definition) is 1. The molecule has 0 aliphatic rings. The fourth-order valence-electron chi connectivity index (χ4n) is 3.29. The molecule has 0 fully saturated rings. The molecular weight excluding hydrogens is 512 g/mol. The smallest absolute Gasteiger partial charge is 0.433 e. The molecule has 0 aliphatic heterocycles. The van der Waals surface area contributed by atoms with E-state index in [0.29, 0.717) is 23.3 Å². The fraction of sp³-hybridized carbons (Fsp3) is 0.0833. The number of nitrogens with zero attached hydrogens (tertiary/aromatic N) is 3. The second kappa shape index (κ2) is 9.23. The Balaban J connectivity index is 1.82. The van der Waals surface area contributed by atoms with Gasteiger partial charge in [0.2, 0.25) is 0 Å². The number of carboxylic acid groups (broad SMARTS) is 1. The van der Waals surface area contributed by atoms with Crippen LogP contribution in [0.15, 0.2) is 66.9 Å². The van der Waals surface area contributed by atoms with E-state index in [9.17, 15) is 36.2 Å². The number of alkyl halides is 6. The van der Waals surface area contributed by atoms with E-state index in [1.54, 1.807) is 12.1 Å². The Labute approximate surface area is 204 Å². The van der Waals surface area contributed by atoms with Crippen molar-refractivity contribution in [2.45, 2.75) is 12.4 Å². The first-order chi connectivity index (χ1) is 16.8. The van der Waals surface area contributed by atoms with E-state index in [-0.39, 0.29) is 33.2 Å². The van der Waals surface area contributed by atoms with E-state index in [1.165, 1.54) is 30.3 Å². The predicted octanol–water partition coefficient (Wildman–Crippen LogP) is 7.26. The molecule has 0 unspecified atom stereocenters. The number of rotatable bonds is 4. The fourth-order valence-corrected chi connectivity index (χ4v) is 3.49. The third kappa shape index (κ3) is 5.30. The van der Waals surface area contributed by atoms with Gasteiger partial charge in [-0.15, -0.1) is 0 Å². The van der Waals surface area contributed by atoms with Crippen molar-refractivity contribution in [1.82, 2.24) is 15.0 Å². The first-order valence-electron chi connectivity index (χ1n) is 9.96. The van der Waals surface area contributed by atoms with Gasteiger partial charge in [0.15, 0.2) is 5.82 Å². The lowest BCUT2D eigenvalue weighted by Crippen LogP contribution is -2.11. The lowest BCUT2D eigenvalue weighted by Gasteiger charge is -2.12. The Morgan fingerprint density at radius 3 is 2.00 bits per heavy atom. The lowest BCUT2D eigenvalue weighted by molar-refractivity contribution is -0.141. The molecule has 0 amide bonds. The molecule has 184 valence electrons. The summed E-state index contributed by atoms with van der Waals surface area (Å²) in [5.41, 5.74) is -1.97. The molecular formula is C24H12ClF6N3O2. The summed E-state index contributed by atoms with van der Waals surface area (Å²) in [5, 5.41) is 9.31. The molecule has 2 aromatic heterocycles. The molecule has 1 N–H and O–H groups in total. The molecule has 0 saturated carbocycles. The van der Waals surface area contributed by atoms with Crippen molar-refractivity contribution in [3.63, 3.8) is 0 Å². The summed E-state index contributed by atoms with van der Waals surface area (Å²) in [5.74, 6) is -1.59. The number of aromatic carboxylic acids is 1. The van der Waals surface area contributed by atoms with Crippen molar-refractivity contribution in [2.24, 2.45) is 0 Å². The van der Waals surface area contributed by atoms with Gasteiger partial charge >= 0.3 is 18.3 Å². The first-order valence-corrected chi connectivity index (χ1v) is 10.3. The second-order valence-electron chi connectivity index (χ2n) is 7.47. The molecule has 12 heteroatoms. The number of benzene rings is 2. The van der Waals surface area contributed by atoms with E-state index >= 15 is 0 Å². The standard InChI is InChI=1S/C24H12ClF6N3O2/c25-17-6-4-13(9-16(17)22(35)36)12-2-1-3-14(8-12)21-33-18(10-20(34-21)24(29,30)31)15-5-7-19(32-11-15)23(26,27)28/h1-11H,(H,35,36). The highest BCUT2D eigenvalue weighted by molar-refractivity contribution is 6.33. The largest absolute Gasteiger partial charge is 0.478 e. The maximum Gasteiger partial charge on any atom is 0.433 e. The first kappa shape index (κ1) is 25.1. The van der Waals surface area contributed by atoms with Crippen molar-refractivity contribution in [2.75, 3.05) is 0 Å². The molecule has 4 aromatic rings. The molecule has 5 nitrogen and oxygen atoms in total. The molecule has 0 spiro atoms. The van der Waals surface area contributed by atoms with E-state index in [0.717, 1.165) is 12.3 Å². The average molecular weight is 524 g/mol. The van der Waals surface area contributed by atoms with E-state index in [4.69, 9.17) is 11.6 Å². The number of carbonyl (C=O) groups is 1. The minimum absolute atomic E-state index is 0.0124. The van der Waals surface area contributed by atoms with Crippen molar-refractivity contribution in [3.05, 3.63) is 88.8 Å². The summed E-state index contributed by atoms with van der Waals surface area (Å²) in [4.78, 5) is 22.4. The van der Waals surface area contributed by atoms with Gasteiger partial charge in [0.1, 0.15) is 11.4 Å². The van der Waals surface area contributed by atoms with Gasteiger partial charge in [-0.2, -0.15) is 26.3 Å². The molecule has 0 bridgehead atoms. The molecule has 4 rings (SSSR count). The van der Waals surface area contributed by atoms with E-state index < -0.39 is 29.7 Å². The summed E-state index contributed by atoms with van der Waals surface area (Å²) in [7, 11) is 0. The topological polar surface area (TPSA) is 76.0 Å². The second-order valence-corrected chi connectivity index (χ2v) is 7.88. The molecule has 0 saturated heterocycles. The number of hydrogen-bond acceptors (Lipinski definition) is 4. The summed E-state index contributed by atoms with van der Waals surface area (Å²) >= 11 is 5.90. The van der Waals surface area contributed by atoms with Crippen LogP contribution in [-0.4, -0.2) is 26.0 Å². The Morgan fingerprint density at radius 2 is 1.39 bits per heavy atom. The SMILES string of the molecule is O=C(O)c1cc(-c2cccc(-c3nc(-c4ccc(C(F)(F)F)nc4)cc(C(F)(F)F)n3)c2)ccc1Cl. The summed E-state index contributed by atoms with van der Waals surface area (Å²) in [6.07, 6.45) is -8.79. The molecule has 0 atom stereocenters. The normalized spacial score (nSPS) is 12.0. The maximum atomic E-state index is 13.6. The highest BCUT2D eigenvalue weighted by Gasteiger charge is 2.35. The van der Waals surface area contributed by atoms with Crippen molar-refractivity contribution in [3.8, 4) is 33.8 Å². The van der Waals surface area contributed by atoms with Crippen LogP contribution in [0.3, 0.4) is 0 Å². The molecule has 36 heavy (non-hydrogen) atoms. The minimum Gasteiger partial charge on any atom is -0.478 e. The molecule has 2 heterocycles. The Bertz CT molecular complexity index is 1450. The summed E-state index contributed by atoms with van der Waals surface area (Å²) in [6.45, 7) is 0. The molecule has 0 aliphatic carbocycles. The van der Waals surface area contributed by atoms with Crippen LogP contribution in [0.4, 0.5) is 26.3 Å². The Hall–Kier alpha value is -3.99. The lowest BCUT2D eigenvalue weighted by atomic mass is 10.0. The average Bonchev–Trinajstić information content (AvgIpc) is 2.83. The number of halogens is 7. The van der Waals surface area contributed by atoms with Crippen LogP contribution >= 0.6 is 11.6 Å². The van der Waals surface area contributed by atoms with Crippen LogP contribution in [0.25, 0.3) is 33.8 Å². The van der Waals surface area contributed by atoms with Gasteiger partial charge in [0, 0.05) is 17.3 Å². The monoisotopic (exact) mass is 523 g/mol. The van der Waals surface area contributed by atoms with Crippen LogP contribution in [-0.2, 0) is 12.4 Å². The molecule has 0 radical (unpaired) electrons. The number of aromatic nitrogens is 3. The van der Waals surface area contributed by atoms with Crippen LogP contribution in [0.1, 0.15) is 21.7 Å². The van der Waals surface area contributed by atoms with Crippen LogP contribution < -0.4 is 0 Å². The summed E-state index contributed by atoms with van der Waals surface area (Å²) in [6, 6.07) is 12.5. The van der Waals surface area contributed by atoms with Crippen LogP contribution in [0.5, 0.6) is 0 Å². The van der Waals surface area contributed by atoms with Crippen LogP contribution in [0, 0.1) is 0 Å². The van der Waals surface area contributed by atoms with E-state index in [2.05, 4.69) is 15.0 Å². The van der Waals surface area contributed by atoms with E-state index in [1.807, 2.05) is 0 Å². The molecule has 2 aromatic carbocycles. The zero-order valence-electron chi connectivity index (χ0n) is 17.7. The van der Waals surface area contributed by atoms with Gasteiger partial charge in [0.25, 0.3) is 0 Å². The zero-order chi connectivity index (χ0) is 26.3. The zero-order valence-corrected chi connectivity index (χ0v) is 18.4. The van der Waals surface area contributed by atoms with Gasteiger partial charge in [-0.3, -0.25) is 4.98 Å². The van der Waals surface area contributed by atoms with Crippen molar-refractivity contribution in [1.29, 1.82) is 0 Å². The predicted molar refractivity (Wildman–Crippen MR) is 118 cm³/mol. The number of pyridine rings is 1. The Kier molecular flexibility index (Phi) is 6.44. The highest BCUT2D eigenvalue weighted by Crippen LogP contribution is 2.34. The van der Waals surface area contributed by atoms with Gasteiger partial charge in [0.05, 0.1) is 16.3 Å². The van der Waals surface area contributed by atoms with Crippen molar-refractivity contribution >= 4 is 17.6 Å². The third-order valence-electron chi connectivity index (χ3n) is 5.02. The quantitative estimate of drug-likeness (QED) is 0.285. The third-order valence-corrected chi connectivity index (χ3v) is 5.35. The van der Waals surface area contributed by atoms with Crippen LogP contribution in [0.2, 0.25) is 5.02 Å². The minimum atomic E-state index is -4.87.